The third-order valence-corrected chi connectivity index (χ3v) is 7.36. The molecular weight excluding hydrogens is 540 g/mol. The van der Waals surface area contributed by atoms with E-state index in [1.807, 2.05) is 12.1 Å². The summed E-state index contributed by atoms with van der Waals surface area (Å²) in [6.45, 7) is 1.81. The third kappa shape index (κ3) is 5.71. The number of amides is 4. The van der Waals surface area contributed by atoms with Crippen LogP contribution in [0.4, 0.5) is 24.1 Å². The second-order valence-electron chi connectivity index (χ2n) is 9.80. The summed E-state index contributed by atoms with van der Waals surface area (Å²) in [4.78, 5) is 53.5. The van der Waals surface area contributed by atoms with Gasteiger partial charge >= 0.3 is 24.0 Å². The number of rotatable bonds is 7. The maximum Gasteiger partial charge on any atom is 0.339 e. The van der Waals surface area contributed by atoms with E-state index in [4.69, 9.17) is 9.47 Å². The number of carbonyl (C=O) groups is 4. The van der Waals surface area contributed by atoms with Crippen LogP contribution in [-0.2, 0) is 14.3 Å². The number of anilines is 1. The first kappa shape index (κ1) is 28.0. The van der Waals surface area contributed by atoms with Crippen molar-refractivity contribution in [3.63, 3.8) is 0 Å². The zero-order valence-corrected chi connectivity index (χ0v) is 22.2. The Morgan fingerprint density at radius 3 is 2.56 bits per heavy atom. The highest BCUT2D eigenvalue weighted by atomic mass is 19.2. The van der Waals surface area contributed by atoms with Gasteiger partial charge < -0.3 is 30.3 Å². The quantitative estimate of drug-likeness (QED) is 0.343. The van der Waals surface area contributed by atoms with Crippen molar-refractivity contribution in [1.82, 2.24) is 20.9 Å². The number of halogens is 2. The second kappa shape index (κ2) is 11.9. The van der Waals surface area contributed by atoms with Crippen LogP contribution in [0.5, 0.6) is 0 Å². The molecule has 5 rings (SSSR count). The van der Waals surface area contributed by atoms with Gasteiger partial charge in [-0.15, -0.1) is 0 Å². The number of para-hydroxylation sites is 1. The Hall–Kier alpha value is -4.52. The zero-order valence-electron chi connectivity index (χ0n) is 22.2. The number of methoxy groups -OCH3 is 1. The molecule has 216 valence electrons. The van der Waals surface area contributed by atoms with Gasteiger partial charge in [0.05, 0.1) is 29.6 Å². The fourth-order valence-corrected chi connectivity index (χ4v) is 5.33. The molecule has 1 fully saturated rings. The summed E-state index contributed by atoms with van der Waals surface area (Å²) < 4.78 is 37.6. The molecule has 0 bridgehead atoms. The van der Waals surface area contributed by atoms with Crippen LogP contribution >= 0.6 is 0 Å². The minimum absolute atomic E-state index is 0.00980. The maximum atomic E-state index is 14.1. The lowest BCUT2D eigenvalue weighted by atomic mass is 9.94. The van der Waals surface area contributed by atoms with Crippen LogP contribution in [0.15, 0.2) is 53.7 Å². The minimum atomic E-state index is -1.28. The molecule has 1 atom stereocenters. The number of nitrogens with zero attached hydrogens (tertiary/aromatic N) is 2. The molecule has 3 aliphatic heterocycles. The van der Waals surface area contributed by atoms with Crippen LogP contribution < -0.4 is 20.9 Å². The molecule has 0 saturated carbocycles. The van der Waals surface area contributed by atoms with Crippen LogP contribution in [0.1, 0.15) is 34.8 Å². The van der Waals surface area contributed by atoms with Gasteiger partial charge in [0.2, 0.25) is 0 Å². The third-order valence-electron chi connectivity index (χ3n) is 7.36. The van der Waals surface area contributed by atoms with Gasteiger partial charge in [0.15, 0.2) is 11.6 Å². The van der Waals surface area contributed by atoms with Crippen molar-refractivity contribution in [2.75, 3.05) is 44.8 Å². The second-order valence-corrected chi connectivity index (χ2v) is 9.80. The Morgan fingerprint density at radius 1 is 1.07 bits per heavy atom. The summed E-state index contributed by atoms with van der Waals surface area (Å²) in [6.07, 6.45) is 1.60. The van der Waals surface area contributed by atoms with Gasteiger partial charge in [-0.25, -0.2) is 32.9 Å². The topological polar surface area (TPSA) is 129 Å². The van der Waals surface area contributed by atoms with Crippen molar-refractivity contribution < 1.29 is 37.4 Å². The Balaban J connectivity index is 1.17. The molecule has 3 N–H and O–H groups in total. The average molecular weight is 570 g/mol. The van der Waals surface area contributed by atoms with E-state index in [1.54, 1.807) is 12.1 Å². The number of imide groups is 1. The molecular formula is C28H29F2N5O6. The number of urea groups is 2. The van der Waals surface area contributed by atoms with Gasteiger partial charge in [-0.2, -0.15) is 0 Å². The molecule has 1 unspecified atom stereocenters. The Kier molecular flexibility index (Phi) is 8.15. The highest BCUT2D eigenvalue weighted by Gasteiger charge is 2.45. The first-order valence-corrected chi connectivity index (χ1v) is 13.2. The lowest BCUT2D eigenvalue weighted by molar-refractivity contribution is -0.136. The molecule has 0 aliphatic carbocycles. The van der Waals surface area contributed by atoms with E-state index < -0.39 is 35.7 Å². The predicted molar refractivity (Wildman–Crippen MR) is 142 cm³/mol. The zero-order chi connectivity index (χ0) is 29.1. The largest absolute Gasteiger partial charge is 0.465 e. The molecule has 0 radical (unpaired) electrons. The summed E-state index contributed by atoms with van der Waals surface area (Å²) in [5.74, 6) is -3.41. The molecule has 11 nitrogen and oxygen atoms in total. The number of ether oxygens (including phenoxy) is 2. The lowest BCUT2D eigenvalue weighted by Crippen LogP contribution is -2.54. The number of hydrogen-bond acceptors (Lipinski definition) is 8. The van der Waals surface area contributed by atoms with E-state index in [9.17, 15) is 28.0 Å². The monoisotopic (exact) mass is 569 g/mol. The van der Waals surface area contributed by atoms with Gasteiger partial charge in [0.25, 0.3) is 0 Å². The van der Waals surface area contributed by atoms with Gasteiger partial charge in [0, 0.05) is 32.2 Å². The Morgan fingerprint density at radius 2 is 1.83 bits per heavy atom. The van der Waals surface area contributed by atoms with Gasteiger partial charge in [-0.05, 0) is 42.7 Å². The fourth-order valence-electron chi connectivity index (χ4n) is 5.33. The molecule has 4 amide bonds. The van der Waals surface area contributed by atoms with Crippen LogP contribution in [-0.4, -0.2) is 74.8 Å². The maximum absolute atomic E-state index is 14.1. The molecule has 1 saturated heterocycles. The summed E-state index contributed by atoms with van der Waals surface area (Å²) in [7, 11) is 1.35. The first-order valence-electron chi connectivity index (χ1n) is 13.2. The predicted octanol–water partition coefficient (Wildman–Crippen LogP) is 2.60. The average Bonchev–Trinajstić information content (AvgIpc) is 3.35. The highest BCUT2D eigenvalue weighted by molar-refractivity contribution is 6.03. The number of carbonyl (C=O) groups excluding carboxylic acids is 4. The molecule has 2 aromatic carbocycles. The summed E-state index contributed by atoms with van der Waals surface area (Å²) in [6, 6.07) is 7.51. The van der Waals surface area contributed by atoms with Crippen LogP contribution in [0.25, 0.3) is 0 Å². The number of cyclic esters (lactones) is 1. The molecule has 0 aromatic heterocycles. The Bertz CT molecular complexity index is 1410. The normalized spacial score (nSPS) is 19.0. The van der Waals surface area contributed by atoms with E-state index in [1.165, 1.54) is 13.2 Å². The minimum Gasteiger partial charge on any atom is -0.465 e. The van der Waals surface area contributed by atoms with Crippen molar-refractivity contribution in [3.8, 4) is 0 Å². The van der Waals surface area contributed by atoms with Crippen LogP contribution in [0.2, 0.25) is 0 Å². The number of piperidine rings is 1. The molecule has 2 aromatic rings. The van der Waals surface area contributed by atoms with Crippen molar-refractivity contribution in [2.24, 2.45) is 0 Å². The van der Waals surface area contributed by atoms with E-state index in [-0.39, 0.29) is 42.0 Å². The van der Waals surface area contributed by atoms with Crippen LogP contribution in [0.3, 0.4) is 0 Å². The lowest BCUT2D eigenvalue weighted by Gasteiger charge is -2.35. The van der Waals surface area contributed by atoms with Gasteiger partial charge in [-0.1, -0.05) is 18.2 Å². The van der Waals surface area contributed by atoms with E-state index >= 15 is 0 Å². The van der Waals surface area contributed by atoms with Crippen LogP contribution in [0, 0.1) is 11.6 Å². The SMILES string of the molecule is COC(=O)c1ccccc1N1CCC(NCCNC(=O)N2C(=O)NC3=C(C(=O)OC3)C2c2ccc(F)c(F)c2)CC1. The van der Waals surface area contributed by atoms with E-state index in [0.29, 0.717) is 12.1 Å². The van der Waals surface area contributed by atoms with Crippen molar-refractivity contribution >= 4 is 29.7 Å². The molecule has 13 heteroatoms. The number of hydrogen-bond donors (Lipinski definition) is 3. The number of benzene rings is 2. The van der Waals surface area contributed by atoms with E-state index in [0.717, 1.165) is 48.7 Å². The summed E-state index contributed by atoms with van der Waals surface area (Å²) >= 11 is 0. The Labute approximate surface area is 234 Å². The van der Waals surface area contributed by atoms with Gasteiger partial charge in [-0.3, -0.25) is 0 Å². The molecule has 3 heterocycles. The fraction of sp³-hybridized carbons (Fsp3) is 0.357. The highest BCUT2D eigenvalue weighted by Crippen LogP contribution is 2.37. The summed E-state index contributed by atoms with van der Waals surface area (Å²) in [5, 5.41) is 8.53. The first-order chi connectivity index (χ1) is 19.8. The summed E-state index contributed by atoms with van der Waals surface area (Å²) in [5.41, 5.74) is 1.57. The van der Waals surface area contributed by atoms with Crippen molar-refractivity contribution in [1.29, 1.82) is 0 Å². The van der Waals surface area contributed by atoms with Crippen molar-refractivity contribution in [3.05, 3.63) is 76.5 Å². The van der Waals surface area contributed by atoms with E-state index in [2.05, 4.69) is 20.9 Å². The van der Waals surface area contributed by atoms with Gasteiger partial charge in [0.1, 0.15) is 12.6 Å². The number of esters is 2. The number of nitrogens with one attached hydrogen (secondary N) is 3. The molecule has 3 aliphatic rings. The van der Waals surface area contributed by atoms with Crippen molar-refractivity contribution in [2.45, 2.75) is 24.9 Å². The smallest absolute Gasteiger partial charge is 0.339 e. The molecule has 0 spiro atoms. The standard InChI is InChI=1S/C28H29F2N5O6/c1-40-25(36)18-4-2-3-5-22(18)34-12-8-17(9-13-34)31-10-11-32-27(38)35-24(16-6-7-19(29)20(30)14-16)23-21(33-28(35)39)15-41-26(23)37/h2-7,14,17,24,31H,8-13,15H2,1H3,(H,32,38)(H,33,39). The molecule has 41 heavy (non-hydrogen) atoms.